The molecule has 3 N–H and O–H groups in total. The highest BCUT2D eigenvalue weighted by Gasteiger charge is 2.18. The fourth-order valence-electron chi connectivity index (χ4n) is 0.916. The Bertz CT molecular complexity index is 207. The maximum Gasteiger partial charge on any atom is 0.235 e. The van der Waals surface area contributed by atoms with Crippen molar-refractivity contribution in [3.8, 4) is 0 Å². The van der Waals surface area contributed by atoms with Gasteiger partial charge in [0.25, 0.3) is 0 Å². The second kappa shape index (κ2) is 6.95. The Morgan fingerprint density at radius 1 is 1.50 bits per heavy atom. The van der Waals surface area contributed by atoms with Gasteiger partial charge in [0.2, 0.25) is 5.91 Å². The van der Waals surface area contributed by atoms with Crippen molar-refractivity contribution in [2.75, 3.05) is 12.3 Å². The molecule has 0 aliphatic carbocycles. The van der Waals surface area contributed by atoms with Crippen LogP contribution >= 0.6 is 0 Å². The highest BCUT2D eigenvalue weighted by Crippen LogP contribution is 2.00. The smallest absolute Gasteiger partial charge is 0.235 e. The summed E-state index contributed by atoms with van der Waals surface area (Å²) < 4.78 is 11.6. The van der Waals surface area contributed by atoms with Gasteiger partial charge in [0.15, 0.2) is 0 Å². The van der Waals surface area contributed by atoms with Gasteiger partial charge in [0.1, 0.15) is 5.25 Å². The molecule has 0 aliphatic heterocycles. The summed E-state index contributed by atoms with van der Waals surface area (Å²) in [6.07, 6.45) is 0.691. The van der Waals surface area contributed by atoms with Crippen molar-refractivity contribution in [1.82, 2.24) is 5.32 Å². The lowest BCUT2D eigenvalue weighted by molar-refractivity contribution is -0.120. The molecule has 4 nitrogen and oxygen atoms in total. The van der Waals surface area contributed by atoms with E-state index >= 15 is 0 Å². The molecular weight excluding hydrogens is 200 g/mol. The van der Waals surface area contributed by atoms with Crippen molar-refractivity contribution < 1.29 is 9.00 Å². The van der Waals surface area contributed by atoms with Gasteiger partial charge in [-0.25, -0.2) is 0 Å². The van der Waals surface area contributed by atoms with Crippen LogP contribution in [-0.4, -0.2) is 33.7 Å². The lowest BCUT2D eigenvalue weighted by Gasteiger charge is -2.11. The molecule has 0 aromatic heterocycles. The monoisotopic (exact) mass is 220 g/mol. The van der Waals surface area contributed by atoms with E-state index in [1.165, 1.54) is 0 Å². The Kier molecular flexibility index (Phi) is 6.74. The largest absolute Gasteiger partial charge is 0.355 e. The van der Waals surface area contributed by atoms with E-state index in [0.717, 1.165) is 0 Å². The van der Waals surface area contributed by atoms with Crippen LogP contribution in [0.3, 0.4) is 0 Å². The van der Waals surface area contributed by atoms with E-state index in [9.17, 15) is 9.00 Å². The first-order valence-electron chi connectivity index (χ1n) is 4.89. The zero-order valence-electron chi connectivity index (χ0n) is 9.08. The van der Waals surface area contributed by atoms with Crippen LogP contribution in [0.4, 0.5) is 0 Å². The minimum absolute atomic E-state index is 0.0420. The molecule has 14 heavy (non-hydrogen) atoms. The zero-order chi connectivity index (χ0) is 11.1. The number of hydrogen-bond donors (Lipinski definition) is 2. The normalized spacial score (nSPS) is 17.1. The summed E-state index contributed by atoms with van der Waals surface area (Å²) in [6.45, 7) is 5.97. The minimum atomic E-state index is -1.11. The summed E-state index contributed by atoms with van der Waals surface area (Å²) in [4.78, 5) is 11.3. The third kappa shape index (κ3) is 5.34. The van der Waals surface area contributed by atoms with Gasteiger partial charge in [0, 0.05) is 29.1 Å². The van der Waals surface area contributed by atoms with Gasteiger partial charge >= 0.3 is 0 Å². The van der Waals surface area contributed by atoms with E-state index in [1.54, 1.807) is 6.92 Å². The number of carbonyl (C=O) groups excluding carboxylic acids is 1. The van der Waals surface area contributed by atoms with Crippen LogP contribution in [-0.2, 0) is 15.6 Å². The molecule has 3 atom stereocenters. The molecule has 84 valence electrons. The number of nitrogens with one attached hydrogen (secondary N) is 1. The maximum atomic E-state index is 11.6. The van der Waals surface area contributed by atoms with Gasteiger partial charge in [-0.1, -0.05) is 0 Å². The molecule has 1 amide bonds. The Morgan fingerprint density at radius 3 is 2.50 bits per heavy atom. The van der Waals surface area contributed by atoms with Crippen molar-refractivity contribution in [3.63, 3.8) is 0 Å². The van der Waals surface area contributed by atoms with E-state index in [1.807, 2.05) is 13.8 Å². The fourth-order valence-corrected chi connectivity index (χ4v) is 2.20. The average Bonchev–Trinajstić information content (AvgIpc) is 2.13. The molecule has 0 aliphatic rings. The van der Waals surface area contributed by atoms with E-state index in [2.05, 4.69) is 5.32 Å². The predicted molar refractivity (Wildman–Crippen MR) is 59.4 cm³/mol. The Labute approximate surface area is 88.1 Å². The molecule has 0 aromatic carbocycles. The molecule has 3 unspecified atom stereocenters. The molecule has 0 fully saturated rings. The van der Waals surface area contributed by atoms with Gasteiger partial charge in [-0.3, -0.25) is 9.00 Å². The van der Waals surface area contributed by atoms with Crippen molar-refractivity contribution in [2.24, 2.45) is 5.73 Å². The Morgan fingerprint density at radius 2 is 2.07 bits per heavy atom. The van der Waals surface area contributed by atoms with Gasteiger partial charge < -0.3 is 11.1 Å². The van der Waals surface area contributed by atoms with Crippen molar-refractivity contribution >= 4 is 16.7 Å². The van der Waals surface area contributed by atoms with Crippen LogP contribution in [0, 0.1) is 0 Å². The molecule has 5 heteroatoms. The molecule has 0 spiro atoms. The first-order chi connectivity index (χ1) is 6.49. The lowest BCUT2D eigenvalue weighted by atomic mass is 10.3. The van der Waals surface area contributed by atoms with Crippen LogP contribution in [0.2, 0.25) is 0 Å². The first-order valence-corrected chi connectivity index (χ1v) is 6.27. The Hall–Kier alpha value is -0.420. The van der Waals surface area contributed by atoms with Gasteiger partial charge in [-0.05, 0) is 27.2 Å². The van der Waals surface area contributed by atoms with Crippen LogP contribution in [0.15, 0.2) is 0 Å². The number of amides is 1. The molecule has 0 aromatic rings. The van der Waals surface area contributed by atoms with E-state index in [-0.39, 0.29) is 11.9 Å². The van der Waals surface area contributed by atoms with Crippen LogP contribution in [0.5, 0.6) is 0 Å². The van der Waals surface area contributed by atoms with Crippen LogP contribution in [0.1, 0.15) is 27.2 Å². The minimum Gasteiger partial charge on any atom is -0.355 e. The Balaban J connectivity index is 3.92. The average molecular weight is 220 g/mol. The van der Waals surface area contributed by atoms with Crippen molar-refractivity contribution in [1.29, 1.82) is 0 Å². The van der Waals surface area contributed by atoms with Crippen LogP contribution < -0.4 is 11.1 Å². The fraction of sp³-hybridized carbons (Fsp3) is 0.889. The molecule has 0 radical (unpaired) electrons. The van der Waals surface area contributed by atoms with Crippen LogP contribution in [0.25, 0.3) is 0 Å². The zero-order valence-corrected chi connectivity index (χ0v) is 9.89. The molecule has 0 bridgehead atoms. The maximum absolute atomic E-state index is 11.6. The number of rotatable bonds is 6. The van der Waals surface area contributed by atoms with Gasteiger partial charge in [0.05, 0.1) is 0 Å². The summed E-state index contributed by atoms with van der Waals surface area (Å²) >= 11 is 0. The van der Waals surface area contributed by atoms with E-state index in [0.29, 0.717) is 18.7 Å². The highest BCUT2D eigenvalue weighted by molar-refractivity contribution is 7.86. The second-order valence-electron chi connectivity index (χ2n) is 3.39. The molecule has 0 rings (SSSR count). The first kappa shape index (κ1) is 13.6. The summed E-state index contributed by atoms with van der Waals surface area (Å²) in [7, 11) is -1.11. The SMILES string of the molecule is CCNC(=O)C(C)S(=O)CCC(C)N. The van der Waals surface area contributed by atoms with E-state index in [4.69, 9.17) is 5.73 Å². The van der Waals surface area contributed by atoms with Gasteiger partial charge in [-0.15, -0.1) is 0 Å². The molecule has 0 saturated carbocycles. The predicted octanol–water partition coefficient (Wildman–Crippen LogP) is -0.00300. The third-order valence-electron chi connectivity index (χ3n) is 1.89. The summed E-state index contributed by atoms with van der Waals surface area (Å²) in [5.74, 6) is 0.353. The molecular formula is C9H20N2O2S. The standard InChI is InChI=1S/C9H20N2O2S/c1-4-11-9(12)8(3)14(13)6-5-7(2)10/h7-8H,4-6,10H2,1-3H3,(H,11,12). The summed E-state index contributed by atoms with van der Waals surface area (Å²) in [6, 6.07) is 0.0420. The molecule has 0 heterocycles. The quantitative estimate of drug-likeness (QED) is 0.661. The lowest BCUT2D eigenvalue weighted by Crippen LogP contribution is -2.36. The number of hydrogen-bond acceptors (Lipinski definition) is 3. The highest BCUT2D eigenvalue weighted by atomic mass is 32.2. The summed E-state index contributed by atoms with van der Waals surface area (Å²) in [5, 5.41) is 2.21. The molecule has 0 saturated heterocycles. The van der Waals surface area contributed by atoms with Gasteiger partial charge in [-0.2, -0.15) is 0 Å². The third-order valence-corrected chi connectivity index (χ3v) is 3.53. The second-order valence-corrected chi connectivity index (χ2v) is 5.26. The summed E-state index contributed by atoms with van der Waals surface area (Å²) in [5.41, 5.74) is 5.54. The van der Waals surface area contributed by atoms with Crippen molar-refractivity contribution in [3.05, 3.63) is 0 Å². The topological polar surface area (TPSA) is 72.2 Å². The number of carbonyl (C=O) groups is 1. The van der Waals surface area contributed by atoms with E-state index < -0.39 is 16.0 Å². The number of nitrogens with two attached hydrogens (primary N) is 1. The van der Waals surface area contributed by atoms with Crippen molar-refractivity contribution in [2.45, 2.75) is 38.5 Å².